The zero-order valence-corrected chi connectivity index (χ0v) is 8.54. The molecule has 0 saturated carbocycles. The maximum absolute atomic E-state index is 9.34. The second kappa shape index (κ2) is 6.35. The van der Waals surface area contributed by atoms with Crippen molar-refractivity contribution in [1.29, 1.82) is 0 Å². The highest BCUT2D eigenvalue weighted by Crippen LogP contribution is 2.04. The summed E-state index contributed by atoms with van der Waals surface area (Å²) in [5.74, 6) is 0. The fraction of sp³-hybridized carbons (Fsp3) is 1.00. The molecule has 0 amide bonds. The van der Waals surface area contributed by atoms with Gasteiger partial charge >= 0.3 is 0 Å². The number of hydrogen-bond acceptors (Lipinski definition) is 3. The van der Waals surface area contributed by atoms with Crippen LogP contribution >= 0.6 is 0 Å². The first kappa shape index (κ1) is 11.0. The molecule has 1 atom stereocenters. The van der Waals surface area contributed by atoms with Gasteiger partial charge < -0.3 is 9.84 Å². The van der Waals surface area contributed by atoms with E-state index in [9.17, 15) is 5.11 Å². The minimum absolute atomic E-state index is 0.0963. The molecule has 3 heteroatoms. The molecule has 1 fully saturated rings. The van der Waals surface area contributed by atoms with Crippen LogP contribution < -0.4 is 0 Å². The van der Waals surface area contributed by atoms with Gasteiger partial charge in [-0.2, -0.15) is 0 Å². The van der Waals surface area contributed by atoms with Gasteiger partial charge in [-0.15, -0.1) is 0 Å². The molecule has 78 valence electrons. The summed E-state index contributed by atoms with van der Waals surface area (Å²) < 4.78 is 5.26. The molecule has 1 aliphatic heterocycles. The van der Waals surface area contributed by atoms with E-state index in [1.54, 1.807) is 0 Å². The highest BCUT2D eigenvalue weighted by molar-refractivity contribution is 4.63. The number of rotatable bonds is 5. The topological polar surface area (TPSA) is 32.7 Å². The molecule has 0 spiro atoms. The van der Waals surface area contributed by atoms with Gasteiger partial charge in [0.1, 0.15) is 0 Å². The summed E-state index contributed by atoms with van der Waals surface area (Å²) in [6.07, 6.45) is 2.83. The molecule has 1 N–H and O–H groups in total. The smallest absolute Gasteiger partial charge is 0.0594 e. The predicted octanol–water partition coefficient (Wildman–Crippen LogP) is 0.870. The van der Waals surface area contributed by atoms with Crippen molar-refractivity contribution in [2.75, 3.05) is 32.8 Å². The quantitative estimate of drug-likeness (QED) is 0.693. The van der Waals surface area contributed by atoms with Gasteiger partial charge in [0.05, 0.1) is 19.3 Å². The lowest BCUT2D eigenvalue weighted by atomic mass is 10.1. The van der Waals surface area contributed by atoms with Gasteiger partial charge in [-0.05, 0) is 25.8 Å². The molecular weight excluding hydrogens is 166 g/mol. The zero-order chi connectivity index (χ0) is 9.52. The lowest BCUT2D eigenvalue weighted by molar-refractivity contribution is 0.0351. The van der Waals surface area contributed by atoms with Crippen LogP contribution in [0.5, 0.6) is 0 Å². The van der Waals surface area contributed by atoms with Crippen LogP contribution in [-0.2, 0) is 4.74 Å². The maximum Gasteiger partial charge on any atom is 0.0594 e. The van der Waals surface area contributed by atoms with E-state index in [1.165, 1.54) is 0 Å². The number of morpholine rings is 1. The van der Waals surface area contributed by atoms with Crippen molar-refractivity contribution in [3.63, 3.8) is 0 Å². The predicted molar refractivity (Wildman–Crippen MR) is 52.8 cm³/mol. The molecule has 0 aliphatic carbocycles. The van der Waals surface area contributed by atoms with E-state index >= 15 is 0 Å². The molecule has 0 aromatic carbocycles. The van der Waals surface area contributed by atoms with Gasteiger partial charge in [0.2, 0.25) is 0 Å². The normalized spacial score (nSPS) is 21.7. The van der Waals surface area contributed by atoms with Crippen LogP contribution in [0, 0.1) is 0 Å². The van der Waals surface area contributed by atoms with Crippen molar-refractivity contribution in [2.24, 2.45) is 0 Å². The Hall–Kier alpha value is -0.120. The van der Waals surface area contributed by atoms with E-state index in [2.05, 4.69) is 4.90 Å². The highest BCUT2D eigenvalue weighted by atomic mass is 16.5. The fourth-order valence-corrected chi connectivity index (χ4v) is 1.58. The molecule has 1 unspecified atom stereocenters. The number of ether oxygens (including phenoxy) is 1. The first-order valence-electron chi connectivity index (χ1n) is 5.31. The molecule has 1 saturated heterocycles. The third-order valence-electron chi connectivity index (χ3n) is 2.59. The van der Waals surface area contributed by atoms with Crippen LogP contribution in [-0.4, -0.2) is 49.0 Å². The summed E-state index contributed by atoms with van der Waals surface area (Å²) in [5, 5.41) is 9.34. The maximum atomic E-state index is 9.34. The Kier molecular flexibility index (Phi) is 5.35. The van der Waals surface area contributed by atoms with Crippen molar-refractivity contribution in [3.05, 3.63) is 0 Å². The Morgan fingerprint density at radius 2 is 2.08 bits per heavy atom. The monoisotopic (exact) mass is 187 g/mol. The van der Waals surface area contributed by atoms with E-state index < -0.39 is 0 Å². The summed E-state index contributed by atoms with van der Waals surface area (Å²) in [4.78, 5) is 2.41. The fourth-order valence-electron chi connectivity index (χ4n) is 1.58. The Labute approximate surface area is 80.7 Å². The summed E-state index contributed by atoms with van der Waals surface area (Å²) in [5.41, 5.74) is 0. The van der Waals surface area contributed by atoms with Gasteiger partial charge in [0, 0.05) is 13.1 Å². The average molecular weight is 187 g/mol. The van der Waals surface area contributed by atoms with Crippen molar-refractivity contribution in [3.8, 4) is 0 Å². The summed E-state index contributed by atoms with van der Waals surface area (Å²) in [7, 11) is 0. The largest absolute Gasteiger partial charge is 0.393 e. The lowest BCUT2D eigenvalue weighted by Gasteiger charge is -2.26. The number of aliphatic hydroxyl groups is 1. The van der Waals surface area contributed by atoms with Crippen LogP contribution in [0.25, 0.3) is 0 Å². The van der Waals surface area contributed by atoms with Gasteiger partial charge in [0.25, 0.3) is 0 Å². The van der Waals surface area contributed by atoms with Crippen LogP contribution in [0.2, 0.25) is 0 Å². The van der Waals surface area contributed by atoms with Crippen LogP contribution in [0.15, 0.2) is 0 Å². The molecule has 0 aromatic rings. The number of nitrogens with zero attached hydrogens (tertiary/aromatic N) is 1. The molecular formula is C10H21NO2. The van der Waals surface area contributed by atoms with Crippen molar-refractivity contribution >= 4 is 0 Å². The molecule has 1 aliphatic rings. The second-order valence-corrected chi connectivity index (χ2v) is 3.66. The zero-order valence-electron chi connectivity index (χ0n) is 8.54. The van der Waals surface area contributed by atoms with Crippen molar-refractivity contribution in [1.82, 2.24) is 4.90 Å². The first-order valence-corrected chi connectivity index (χ1v) is 5.31. The summed E-state index contributed by atoms with van der Waals surface area (Å²) in [6.45, 7) is 7.00. The molecule has 0 aromatic heterocycles. The molecule has 1 rings (SSSR count). The highest BCUT2D eigenvalue weighted by Gasteiger charge is 2.10. The summed E-state index contributed by atoms with van der Waals surface area (Å²) in [6, 6.07) is 0. The minimum atomic E-state index is -0.0963. The van der Waals surface area contributed by atoms with Gasteiger partial charge in [-0.3, -0.25) is 4.90 Å². The van der Waals surface area contributed by atoms with Crippen molar-refractivity contribution < 1.29 is 9.84 Å². The average Bonchev–Trinajstić information content (AvgIpc) is 2.19. The molecule has 1 heterocycles. The second-order valence-electron chi connectivity index (χ2n) is 3.66. The first-order chi connectivity index (χ1) is 6.33. The Balaban J connectivity index is 1.98. The SMILES string of the molecule is CCC(O)CCCN1CCOCC1. The van der Waals surface area contributed by atoms with Gasteiger partial charge in [-0.25, -0.2) is 0 Å². The standard InChI is InChI=1S/C10H21NO2/c1-2-10(12)4-3-5-11-6-8-13-9-7-11/h10,12H,2-9H2,1H3. The van der Waals surface area contributed by atoms with E-state index in [0.29, 0.717) is 0 Å². The summed E-state index contributed by atoms with van der Waals surface area (Å²) >= 11 is 0. The molecule has 13 heavy (non-hydrogen) atoms. The van der Waals surface area contributed by atoms with Crippen LogP contribution in [0.4, 0.5) is 0 Å². The lowest BCUT2D eigenvalue weighted by Crippen LogP contribution is -2.37. The van der Waals surface area contributed by atoms with Crippen molar-refractivity contribution in [2.45, 2.75) is 32.3 Å². The minimum Gasteiger partial charge on any atom is -0.393 e. The van der Waals surface area contributed by atoms with E-state index in [-0.39, 0.29) is 6.10 Å². The third-order valence-corrected chi connectivity index (χ3v) is 2.59. The van der Waals surface area contributed by atoms with Gasteiger partial charge in [0.15, 0.2) is 0 Å². The Morgan fingerprint density at radius 1 is 1.38 bits per heavy atom. The van der Waals surface area contributed by atoms with E-state index in [0.717, 1.165) is 52.1 Å². The number of aliphatic hydroxyl groups excluding tert-OH is 1. The Bertz CT molecular complexity index is 124. The molecule has 0 bridgehead atoms. The Morgan fingerprint density at radius 3 is 2.69 bits per heavy atom. The molecule has 3 nitrogen and oxygen atoms in total. The van der Waals surface area contributed by atoms with E-state index in [1.807, 2.05) is 6.92 Å². The molecule has 0 radical (unpaired) electrons. The van der Waals surface area contributed by atoms with Crippen LogP contribution in [0.1, 0.15) is 26.2 Å². The third kappa shape index (κ3) is 4.60. The van der Waals surface area contributed by atoms with Gasteiger partial charge in [-0.1, -0.05) is 6.92 Å². The van der Waals surface area contributed by atoms with Crippen LogP contribution in [0.3, 0.4) is 0 Å². The number of hydrogen-bond donors (Lipinski definition) is 1. The van der Waals surface area contributed by atoms with E-state index in [4.69, 9.17) is 4.74 Å².